The van der Waals surface area contributed by atoms with Crippen molar-refractivity contribution in [2.24, 2.45) is 0 Å². The minimum absolute atomic E-state index is 0.0705. The van der Waals surface area contributed by atoms with Crippen LogP contribution in [-0.2, 0) is 28.7 Å². The first kappa shape index (κ1) is 24.3. The largest absolute Gasteiger partial charge is 0.398 e. The zero-order chi connectivity index (χ0) is 25.3. The Morgan fingerprint density at radius 3 is 2.56 bits per heavy atom. The number of amides is 1. The van der Waals surface area contributed by atoms with Gasteiger partial charge < -0.3 is 20.9 Å². The van der Waals surface area contributed by atoms with Crippen molar-refractivity contribution in [1.29, 1.82) is 0 Å². The van der Waals surface area contributed by atoms with Crippen molar-refractivity contribution in [3.05, 3.63) is 70.9 Å². The number of benzene rings is 2. The molecule has 3 aromatic rings. The molecule has 0 bridgehead atoms. The van der Waals surface area contributed by atoms with E-state index in [0.717, 1.165) is 43.1 Å². The fourth-order valence-corrected chi connectivity index (χ4v) is 6.17. The maximum Gasteiger partial charge on any atom is 0.258 e. The maximum atomic E-state index is 13.1. The van der Waals surface area contributed by atoms with Crippen LogP contribution in [0.3, 0.4) is 0 Å². The number of nitrogens with two attached hydrogens (primary N) is 1. The van der Waals surface area contributed by atoms with Crippen LogP contribution >= 0.6 is 0 Å². The van der Waals surface area contributed by atoms with Crippen LogP contribution < -0.4 is 16.0 Å². The summed E-state index contributed by atoms with van der Waals surface area (Å²) >= 11 is 0. The molecule has 0 aliphatic carbocycles. The molecule has 2 aliphatic rings. The molecule has 0 radical (unpaired) electrons. The minimum Gasteiger partial charge on any atom is -0.398 e. The molecule has 3 heterocycles. The molecular weight excluding hydrogens is 478 g/mol. The summed E-state index contributed by atoms with van der Waals surface area (Å²) in [6.45, 7) is 4.27. The lowest BCUT2D eigenvalue weighted by Crippen LogP contribution is -2.44. The van der Waals surface area contributed by atoms with E-state index in [0.29, 0.717) is 35.6 Å². The lowest BCUT2D eigenvalue weighted by atomic mass is 10.1. The summed E-state index contributed by atoms with van der Waals surface area (Å²) in [5.74, 6) is -0.119. The van der Waals surface area contributed by atoms with Gasteiger partial charge in [-0.25, -0.2) is 8.42 Å². The Hall–Kier alpha value is -3.41. The van der Waals surface area contributed by atoms with Gasteiger partial charge in [-0.05, 0) is 30.8 Å². The monoisotopic (exact) mass is 509 g/mol. The number of aromatic nitrogens is 2. The highest BCUT2D eigenvalue weighted by Crippen LogP contribution is 2.28. The first-order valence-corrected chi connectivity index (χ1v) is 13.6. The van der Waals surface area contributed by atoms with E-state index in [-0.39, 0.29) is 18.2 Å². The van der Waals surface area contributed by atoms with Gasteiger partial charge in [0.15, 0.2) is 5.82 Å². The van der Waals surface area contributed by atoms with Crippen molar-refractivity contribution < 1.29 is 13.2 Å². The van der Waals surface area contributed by atoms with E-state index < -0.39 is 10.0 Å². The van der Waals surface area contributed by atoms with Crippen molar-refractivity contribution in [2.75, 3.05) is 55.7 Å². The quantitative estimate of drug-likeness (QED) is 0.433. The molecule has 0 saturated carbocycles. The maximum absolute atomic E-state index is 13.1. The topological polar surface area (TPSA) is 128 Å². The third-order valence-electron chi connectivity index (χ3n) is 6.86. The molecule has 1 fully saturated rings. The fourth-order valence-electron chi connectivity index (χ4n) is 4.68. The van der Waals surface area contributed by atoms with Crippen molar-refractivity contribution in [3.63, 3.8) is 0 Å². The summed E-state index contributed by atoms with van der Waals surface area (Å²) in [5.41, 5.74) is 10.2. The number of nitrogens with one attached hydrogen (secondary N) is 2. The lowest BCUT2D eigenvalue weighted by molar-refractivity contribution is 0.102. The Morgan fingerprint density at radius 2 is 1.83 bits per heavy atom. The predicted octanol–water partition coefficient (Wildman–Crippen LogP) is 1.88. The minimum atomic E-state index is -3.53. The number of hydrogen-bond acceptors (Lipinski definition) is 7. The molecule has 2 aliphatic heterocycles. The van der Waals surface area contributed by atoms with Crippen molar-refractivity contribution >= 4 is 33.1 Å². The Balaban J connectivity index is 1.29. The van der Waals surface area contributed by atoms with Crippen LogP contribution in [0, 0.1) is 0 Å². The summed E-state index contributed by atoms with van der Waals surface area (Å²) in [5, 5.41) is 10.0. The van der Waals surface area contributed by atoms with Crippen LogP contribution in [0.5, 0.6) is 0 Å². The van der Waals surface area contributed by atoms with Gasteiger partial charge in [-0.15, -0.1) is 0 Å². The molecule has 11 heteroatoms. The van der Waals surface area contributed by atoms with Crippen LogP contribution in [0.4, 0.5) is 17.2 Å². The van der Waals surface area contributed by atoms with Crippen molar-refractivity contribution in [2.45, 2.75) is 18.7 Å². The number of carbonyl (C=O) groups is 1. The van der Waals surface area contributed by atoms with Crippen molar-refractivity contribution in [1.82, 2.24) is 19.4 Å². The zero-order valence-electron chi connectivity index (χ0n) is 20.3. The molecule has 2 aromatic carbocycles. The molecule has 36 heavy (non-hydrogen) atoms. The number of likely N-dealkylation sites (N-methyl/N-ethyl adjacent to an activating group) is 1. The summed E-state index contributed by atoms with van der Waals surface area (Å²) in [6.07, 6.45) is 0.494. The van der Waals surface area contributed by atoms with E-state index >= 15 is 0 Å². The molecule has 1 saturated heterocycles. The SMILES string of the molecule is CN1CCN(c2ccc(C(=O)Nc3n[nH]c4c3CN(S(=O)(=O)Cc3ccccc3)CC4)c(N)c2)CC1. The van der Waals surface area contributed by atoms with Crippen LogP contribution in [0.15, 0.2) is 48.5 Å². The number of piperazine rings is 1. The van der Waals surface area contributed by atoms with Crippen LogP contribution in [0.25, 0.3) is 0 Å². The molecule has 0 unspecified atom stereocenters. The van der Waals surface area contributed by atoms with Gasteiger partial charge in [0, 0.05) is 68.3 Å². The second-order valence-corrected chi connectivity index (χ2v) is 11.3. The van der Waals surface area contributed by atoms with Gasteiger partial charge in [0.2, 0.25) is 10.0 Å². The van der Waals surface area contributed by atoms with Gasteiger partial charge >= 0.3 is 0 Å². The van der Waals surface area contributed by atoms with E-state index in [9.17, 15) is 13.2 Å². The van der Waals surface area contributed by atoms with Gasteiger partial charge in [-0.3, -0.25) is 9.89 Å². The molecule has 0 spiro atoms. The van der Waals surface area contributed by atoms with Gasteiger partial charge in [0.1, 0.15) is 0 Å². The van der Waals surface area contributed by atoms with E-state index in [1.54, 1.807) is 18.2 Å². The van der Waals surface area contributed by atoms with E-state index in [1.807, 2.05) is 30.3 Å². The summed E-state index contributed by atoms with van der Waals surface area (Å²) in [4.78, 5) is 17.6. The fraction of sp³-hybridized carbons (Fsp3) is 0.360. The Morgan fingerprint density at radius 1 is 1.08 bits per heavy atom. The normalized spacial score (nSPS) is 17.1. The smallest absolute Gasteiger partial charge is 0.258 e. The number of carbonyl (C=O) groups excluding carboxylic acids is 1. The second-order valence-electron chi connectivity index (χ2n) is 9.37. The Kier molecular flexibility index (Phi) is 6.69. The van der Waals surface area contributed by atoms with E-state index in [4.69, 9.17) is 5.73 Å². The number of sulfonamides is 1. The number of anilines is 3. The van der Waals surface area contributed by atoms with Gasteiger partial charge in [-0.2, -0.15) is 9.40 Å². The lowest BCUT2D eigenvalue weighted by Gasteiger charge is -2.34. The molecule has 190 valence electrons. The highest BCUT2D eigenvalue weighted by atomic mass is 32.2. The standard InChI is InChI=1S/C25H31N7O3S/c1-30-11-13-31(14-12-30)19-7-8-20(22(26)15-19)25(33)27-24-21-16-32(10-9-23(21)28-29-24)36(34,35)17-18-5-3-2-4-6-18/h2-8,15H,9-14,16-17,26H2,1H3,(H2,27,28,29,33). The Labute approximate surface area is 211 Å². The number of hydrogen-bond donors (Lipinski definition) is 3. The summed E-state index contributed by atoms with van der Waals surface area (Å²) in [7, 11) is -1.43. The molecule has 0 atom stereocenters. The van der Waals surface area contributed by atoms with Gasteiger partial charge in [-0.1, -0.05) is 30.3 Å². The first-order chi connectivity index (χ1) is 17.3. The number of aromatic amines is 1. The van der Waals surface area contributed by atoms with Crippen LogP contribution in [0.2, 0.25) is 0 Å². The average molecular weight is 510 g/mol. The predicted molar refractivity (Wildman–Crippen MR) is 140 cm³/mol. The zero-order valence-corrected chi connectivity index (χ0v) is 21.1. The molecule has 1 aromatic heterocycles. The van der Waals surface area contributed by atoms with Crippen LogP contribution in [-0.4, -0.2) is 73.5 Å². The van der Waals surface area contributed by atoms with E-state index in [2.05, 4.69) is 32.4 Å². The van der Waals surface area contributed by atoms with Gasteiger partial charge in [0.25, 0.3) is 5.91 Å². The number of nitrogen functional groups attached to an aromatic ring is 1. The number of fused-ring (bicyclic) bond motifs is 1. The molecule has 4 N–H and O–H groups in total. The van der Waals surface area contributed by atoms with E-state index in [1.165, 1.54) is 4.31 Å². The third-order valence-corrected chi connectivity index (χ3v) is 8.66. The first-order valence-electron chi connectivity index (χ1n) is 12.0. The van der Waals surface area contributed by atoms with Crippen LogP contribution in [0.1, 0.15) is 27.2 Å². The molecule has 10 nitrogen and oxygen atoms in total. The highest BCUT2D eigenvalue weighted by Gasteiger charge is 2.30. The molecule has 5 rings (SSSR count). The average Bonchev–Trinajstić information content (AvgIpc) is 3.26. The number of rotatable bonds is 6. The summed E-state index contributed by atoms with van der Waals surface area (Å²) in [6, 6.07) is 14.6. The Bertz CT molecular complexity index is 1350. The third kappa shape index (κ3) is 5.08. The molecular formula is C25H31N7O3S. The molecule has 1 amide bonds. The summed E-state index contributed by atoms with van der Waals surface area (Å²) < 4.78 is 27.6. The number of nitrogens with zero attached hydrogens (tertiary/aromatic N) is 4. The van der Waals surface area contributed by atoms with Gasteiger partial charge in [0.05, 0.1) is 11.3 Å². The van der Waals surface area contributed by atoms with Crippen molar-refractivity contribution in [3.8, 4) is 0 Å². The highest BCUT2D eigenvalue weighted by molar-refractivity contribution is 7.88. The second kappa shape index (κ2) is 9.92. The number of H-pyrrole nitrogens is 1.